The molecule has 0 aliphatic heterocycles. The van der Waals surface area contributed by atoms with Crippen LogP contribution in [0.25, 0.3) is 11.1 Å². The van der Waals surface area contributed by atoms with Crippen LogP contribution < -0.4 is 0 Å². The maximum Gasteiger partial charge on any atom is 0.0412 e. The average Bonchev–Trinajstić information content (AvgIpc) is 2.91. The quantitative estimate of drug-likeness (QED) is 0.515. The predicted octanol–water partition coefficient (Wildman–Crippen LogP) is 7.09. The molecule has 1 heteroatoms. The standard InChI is InChI=1S/C24H27Cl/c1-3-16-11-17-10-15(2)24(18(12-16)13-17)22-7-5-4-6-20(22)21-14-19(25)8-9-23(21)24/h4-9,14-18H,3,10-13H2,1-2H3. The summed E-state index contributed by atoms with van der Waals surface area (Å²) in [6.45, 7) is 4.91. The third-order valence-corrected chi connectivity index (χ3v) is 7.91. The van der Waals surface area contributed by atoms with Crippen molar-refractivity contribution in [2.75, 3.05) is 0 Å². The van der Waals surface area contributed by atoms with Crippen molar-refractivity contribution in [1.29, 1.82) is 0 Å². The summed E-state index contributed by atoms with van der Waals surface area (Å²) in [6.07, 6.45) is 6.99. The Morgan fingerprint density at radius 3 is 2.60 bits per heavy atom. The van der Waals surface area contributed by atoms with Gasteiger partial charge in [-0.25, -0.2) is 0 Å². The van der Waals surface area contributed by atoms with E-state index in [1.165, 1.54) is 43.2 Å². The number of hydrogen-bond donors (Lipinski definition) is 0. The van der Waals surface area contributed by atoms with E-state index in [1.54, 1.807) is 11.1 Å². The van der Waals surface area contributed by atoms with Gasteiger partial charge in [0.1, 0.15) is 0 Å². The number of fused-ring (bicyclic) bond motifs is 8. The van der Waals surface area contributed by atoms with Gasteiger partial charge in [-0.3, -0.25) is 0 Å². The van der Waals surface area contributed by atoms with Gasteiger partial charge in [0.25, 0.3) is 0 Å². The van der Waals surface area contributed by atoms with E-state index in [0.29, 0.717) is 5.92 Å². The number of hydrogen-bond acceptors (Lipinski definition) is 0. The molecule has 0 heterocycles. The minimum atomic E-state index is 0.209. The molecule has 0 nitrogen and oxygen atoms in total. The fourth-order valence-corrected chi connectivity index (χ4v) is 7.02. The third-order valence-electron chi connectivity index (χ3n) is 7.68. The van der Waals surface area contributed by atoms with Gasteiger partial charge in [-0.2, -0.15) is 0 Å². The second kappa shape index (κ2) is 5.61. The number of benzene rings is 2. The first-order chi connectivity index (χ1) is 12.1. The first-order valence-electron chi connectivity index (χ1n) is 10.0. The summed E-state index contributed by atoms with van der Waals surface area (Å²) in [4.78, 5) is 0. The van der Waals surface area contributed by atoms with Gasteiger partial charge < -0.3 is 0 Å². The largest absolute Gasteiger partial charge is 0.0843 e. The molecule has 2 bridgehead atoms. The molecule has 3 aliphatic carbocycles. The third kappa shape index (κ3) is 2.07. The molecule has 2 aromatic carbocycles. The molecule has 1 spiro atoms. The Bertz CT molecular complexity index is 821. The zero-order chi connectivity index (χ0) is 17.2. The van der Waals surface area contributed by atoms with Crippen molar-refractivity contribution in [1.82, 2.24) is 0 Å². The lowest BCUT2D eigenvalue weighted by atomic mass is 9.49. The maximum atomic E-state index is 6.40. The molecule has 3 aliphatic rings. The van der Waals surface area contributed by atoms with Crippen LogP contribution in [0.3, 0.4) is 0 Å². The van der Waals surface area contributed by atoms with Gasteiger partial charge in [-0.1, -0.05) is 62.2 Å². The van der Waals surface area contributed by atoms with Crippen molar-refractivity contribution in [3.05, 3.63) is 58.6 Å². The fourth-order valence-electron chi connectivity index (χ4n) is 6.85. The molecule has 130 valence electrons. The normalized spacial score (nSPS) is 35.5. The molecule has 2 fully saturated rings. The fraction of sp³-hybridized carbons (Fsp3) is 0.500. The molecule has 5 unspecified atom stereocenters. The highest BCUT2D eigenvalue weighted by molar-refractivity contribution is 6.31. The van der Waals surface area contributed by atoms with Crippen LogP contribution in [0.5, 0.6) is 0 Å². The van der Waals surface area contributed by atoms with E-state index >= 15 is 0 Å². The van der Waals surface area contributed by atoms with Crippen LogP contribution in [0.2, 0.25) is 5.02 Å². The maximum absolute atomic E-state index is 6.40. The first-order valence-corrected chi connectivity index (χ1v) is 10.4. The van der Waals surface area contributed by atoms with Crippen molar-refractivity contribution in [3.8, 4) is 11.1 Å². The van der Waals surface area contributed by atoms with Crippen LogP contribution in [0.4, 0.5) is 0 Å². The van der Waals surface area contributed by atoms with Crippen LogP contribution in [-0.4, -0.2) is 0 Å². The van der Waals surface area contributed by atoms with E-state index in [-0.39, 0.29) is 5.41 Å². The van der Waals surface area contributed by atoms with Gasteiger partial charge >= 0.3 is 0 Å². The lowest BCUT2D eigenvalue weighted by molar-refractivity contribution is 0.0368. The van der Waals surface area contributed by atoms with Gasteiger partial charge in [-0.05, 0) is 83.7 Å². The molecule has 25 heavy (non-hydrogen) atoms. The van der Waals surface area contributed by atoms with Gasteiger partial charge in [0.2, 0.25) is 0 Å². The smallest absolute Gasteiger partial charge is 0.0412 e. The van der Waals surface area contributed by atoms with Crippen molar-refractivity contribution < 1.29 is 0 Å². The second-order valence-electron chi connectivity index (χ2n) is 8.79. The summed E-state index contributed by atoms with van der Waals surface area (Å²) in [7, 11) is 0. The van der Waals surface area contributed by atoms with Crippen molar-refractivity contribution in [2.45, 2.75) is 51.4 Å². The number of halogens is 1. The van der Waals surface area contributed by atoms with E-state index in [2.05, 4.69) is 56.3 Å². The van der Waals surface area contributed by atoms with Crippen LogP contribution in [0.1, 0.15) is 57.1 Å². The first kappa shape index (κ1) is 15.9. The SMILES string of the molecule is CCC1CC2CC(C)C3(c4ccccc4-c4cc(Cl)ccc43)C(C1)C2. The molecule has 5 rings (SSSR count). The molecule has 0 saturated heterocycles. The highest BCUT2D eigenvalue weighted by Crippen LogP contribution is 2.64. The van der Waals surface area contributed by atoms with E-state index in [4.69, 9.17) is 11.6 Å². The zero-order valence-corrected chi connectivity index (χ0v) is 16.0. The highest BCUT2D eigenvalue weighted by Gasteiger charge is 2.56. The molecule has 0 N–H and O–H groups in total. The van der Waals surface area contributed by atoms with Crippen molar-refractivity contribution in [2.24, 2.45) is 23.7 Å². The highest BCUT2D eigenvalue weighted by atomic mass is 35.5. The Labute approximate surface area is 156 Å². The summed E-state index contributed by atoms with van der Waals surface area (Å²) < 4.78 is 0. The van der Waals surface area contributed by atoms with Crippen LogP contribution in [0.15, 0.2) is 42.5 Å². The van der Waals surface area contributed by atoms with Gasteiger partial charge in [0.05, 0.1) is 0 Å². The molecule has 2 aromatic rings. The molecule has 0 radical (unpaired) electrons. The van der Waals surface area contributed by atoms with Crippen molar-refractivity contribution in [3.63, 3.8) is 0 Å². The summed E-state index contributed by atoms with van der Waals surface area (Å²) in [6, 6.07) is 15.8. The monoisotopic (exact) mass is 350 g/mol. The minimum absolute atomic E-state index is 0.209. The average molecular weight is 351 g/mol. The Hall–Kier alpha value is -1.27. The summed E-state index contributed by atoms with van der Waals surface area (Å²) in [5.74, 6) is 3.34. The lowest BCUT2D eigenvalue weighted by Gasteiger charge is -2.54. The lowest BCUT2D eigenvalue weighted by Crippen LogP contribution is -2.49. The summed E-state index contributed by atoms with van der Waals surface area (Å²) in [5.41, 5.74) is 6.18. The zero-order valence-electron chi connectivity index (χ0n) is 15.3. The van der Waals surface area contributed by atoms with Gasteiger partial charge in [-0.15, -0.1) is 0 Å². The van der Waals surface area contributed by atoms with Crippen LogP contribution in [0, 0.1) is 23.7 Å². The Morgan fingerprint density at radius 2 is 1.76 bits per heavy atom. The molecule has 0 aromatic heterocycles. The Balaban J connectivity index is 1.77. The molecular weight excluding hydrogens is 324 g/mol. The predicted molar refractivity (Wildman–Crippen MR) is 106 cm³/mol. The molecule has 0 amide bonds. The van der Waals surface area contributed by atoms with E-state index < -0.39 is 0 Å². The summed E-state index contributed by atoms with van der Waals surface area (Å²) in [5, 5.41) is 0.863. The van der Waals surface area contributed by atoms with Crippen LogP contribution >= 0.6 is 11.6 Å². The molecule has 5 atom stereocenters. The topological polar surface area (TPSA) is 0 Å². The van der Waals surface area contributed by atoms with Crippen LogP contribution in [-0.2, 0) is 5.41 Å². The van der Waals surface area contributed by atoms with Crippen molar-refractivity contribution >= 4 is 11.6 Å². The molecule has 2 saturated carbocycles. The summed E-state index contributed by atoms with van der Waals surface area (Å²) >= 11 is 6.40. The molecular formula is C24H27Cl. The second-order valence-corrected chi connectivity index (χ2v) is 9.22. The minimum Gasteiger partial charge on any atom is -0.0843 e. The van der Waals surface area contributed by atoms with Gasteiger partial charge in [0, 0.05) is 10.4 Å². The Kier molecular flexibility index (Phi) is 3.58. The van der Waals surface area contributed by atoms with E-state index in [1.807, 2.05) is 0 Å². The Morgan fingerprint density at radius 1 is 0.960 bits per heavy atom. The van der Waals surface area contributed by atoms with E-state index in [0.717, 1.165) is 22.8 Å². The van der Waals surface area contributed by atoms with Gasteiger partial charge in [0.15, 0.2) is 0 Å². The van der Waals surface area contributed by atoms with E-state index in [9.17, 15) is 0 Å². The number of rotatable bonds is 1.